The van der Waals surface area contributed by atoms with Gasteiger partial charge in [0.2, 0.25) is 0 Å². The Balaban J connectivity index is 2.02. The highest BCUT2D eigenvalue weighted by Gasteiger charge is 2.18. The Hall–Kier alpha value is -2.54. The van der Waals surface area contributed by atoms with Crippen molar-refractivity contribution < 1.29 is 12.8 Å². The summed E-state index contributed by atoms with van der Waals surface area (Å²) in [6.45, 7) is 3.99. The molecule has 0 spiro atoms. The second-order valence-corrected chi connectivity index (χ2v) is 7.20. The van der Waals surface area contributed by atoms with Gasteiger partial charge in [0.1, 0.15) is 0 Å². The summed E-state index contributed by atoms with van der Waals surface area (Å²) in [5.41, 5.74) is 2.11. The van der Waals surface area contributed by atoms with Crippen LogP contribution in [0, 0.1) is 0 Å². The number of rotatable bonds is 4. The molecule has 3 rings (SSSR count). The molecule has 1 heterocycles. The predicted molar refractivity (Wildman–Crippen MR) is 88.2 cm³/mol. The molecule has 0 radical (unpaired) electrons. The van der Waals surface area contributed by atoms with E-state index < -0.39 is 15.8 Å². The number of hydrogen-bond donors (Lipinski definition) is 2. The van der Waals surface area contributed by atoms with E-state index in [2.05, 4.69) is 9.71 Å². The maximum absolute atomic E-state index is 12.6. The van der Waals surface area contributed by atoms with Crippen molar-refractivity contribution in [3.05, 3.63) is 58.6 Å². The normalized spacial score (nSPS) is 12.0. The monoisotopic (exact) mass is 332 g/mol. The van der Waals surface area contributed by atoms with Crippen LogP contribution in [0.3, 0.4) is 0 Å². The molecule has 7 heteroatoms. The van der Waals surface area contributed by atoms with Crippen molar-refractivity contribution in [3.8, 4) is 0 Å². The molecule has 1 aromatic heterocycles. The van der Waals surface area contributed by atoms with Gasteiger partial charge in [0.15, 0.2) is 5.58 Å². The number of oxazole rings is 1. The molecular weight excluding hydrogens is 316 g/mol. The Morgan fingerprint density at radius 3 is 2.61 bits per heavy atom. The number of sulfonamides is 1. The lowest BCUT2D eigenvalue weighted by Crippen LogP contribution is -2.14. The first-order chi connectivity index (χ1) is 10.9. The number of benzene rings is 2. The van der Waals surface area contributed by atoms with Gasteiger partial charge in [-0.15, -0.1) is 0 Å². The van der Waals surface area contributed by atoms with E-state index >= 15 is 0 Å². The van der Waals surface area contributed by atoms with Gasteiger partial charge in [-0.25, -0.2) is 13.2 Å². The van der Waals surface area contributed by atoms with E-state index in [1.54, 1.807) is 12.1 Å². The highest BCUT2D eigenvalue weighted by atomic mass is 32.2. The quantitative estimate of drug-likeness (QED) is 0.768. The van der Waals surface area contributed by atoms with E-state index in [1.165, 1.54) is 18.2 Å². The second-order valence-electron chi connectivity index (χ2n) is 5.52. The van der Waals surface area contributed by atoms with E-state index in [0.29, 0.717) is 11.2 Å². The van der Waals surface area contributed by atoms with Crippen LogP contribution >= 0.6 is 0 Å². The Morgan fingerprint density at radius 2 is 1.87 bits per heavy atom. The third kappa shape index (κ3) is 3.00. The van der Waals surface area contributed by atoms with Gasteiger partial charge in [0.25, 0.3) is 10.0 Å². The summed E-state index contributed by atoms with van der Waals surface area (Å²) in [5, 5.41) is 0. The van der Waals surface area contributed by atoms with Crippen molar-refractivity contribution in [2.75, 3.05) is 4.72 Å². The minimum atomic E-state index is -3.78. The summed E-state index contributed by atoms with van der Waals surface area (Å²) in [7, 11) is -3.78. The fourth-order valence-electron chi connectivity index (χ4n) is 2.39. The maximum atomic E-state index is 12.6. The molecule has 2 N–H and O–H groups in total. The first-order valence-electron chi connectivity index (χ1n) is 7.11. The molecule has 2 aromatic carbocycles. The van der Waals surface area contributed by atoms with Gasteiger partial charge in [-0.1, -0.05) is 32.0 Å². The largest absolute Gasteiger partial charge is 0.417 e. The van der Waals surface area contributed by atoms with Crippen molar-refractivity contribution in [1.29, 1.82) is 0 Å². The first-order valence-corrected chi connectivity index (χ1v) is 8.60. The van der Waals surface area contributed by atoms with Crippen LogP contribution in [0.15, 0.2) is 56.6 Å². The molecule has 0 aliphatic rings. The standard InChI is InChI=1S/C16H16N2O4S/c1-10(2)12-5-3-4-6-13(12)18-23(20,21)11-7-8-14-15(9-11)22-16(19)17-14/h3-10,18H,1-2H3,(H,17,19). The highest BCUT2D eigenvalue weighted by Crippen LogP contribution is 2.26. The van der Waals surface area contributed by atoms with Crippen LogP contribution in [0.4, 0.5) is 5.69 Å². The minimum Gasteiger partial charge on any atom is -0.408 e. The van der Waals surface area contributed by atoms with Gasteiger partial charge in [0.05, 0.1) is 16.1 Å². The maximum Gasteiger partial charge on any atom is 0.417 e. The average Bonchev–Trinajstić information content (AvgIpc) is 2.86. The number of nitrogens with one attached hydrogen (secondary N) is 2. The summed E-state index contributed by atoms with van der Waals surface area (Å²) in [6.07, 6.45) is 0. The zero-order valence-corrected chi connectivity index (χ0v) is 13.5. The molecule has 120 valence electrons. The van der Waals surface area contributed by atoms with Gasteiger partial charge >= 0.3 is 5.76 Å². The average molecular weight is 332 g/mol. The summed E-state index contributed by atoms with van der Waals surface area (Å²) in [5.74, 6) is -0.438. The van der Waals surface area contributed by atoms with Crippen molar-refractivity contribution >= 4 is 26.8 Å². The molecular formula is C16H16N2O4S. The van der Waals surface area contributed by atoms with Gasteiger partial charge < -0.3 is 4.42 Å². The van der Waals surface area contributed by atoms with E-state index in [0.717, 1.165) is 5.56 Å². The van der Waals surface area contributed by atoms with Crippen LogP contribution in [0.2, 0.25) is 0 Å². The lowest BCUT2D eigenvalue weighted by molar-refractivity contribution is 0.554. The van der Waals surface area contributed by atoms with Crippen molar-refractivity contribution in [3.63, 3.8) is 0 Å². The number of aromatic amines is 1. The summed E-state index contributed by atoms with van der Waals surface area (Å²) in [4.78, 5) is 13.7. The SMILES string of the molecule is CC(C)c1ccccc1NS(=O)(=O)c1ccc2[nH]c(=O)oc2c1. The Morgan fingerprint density at radius 1 is 1.13 bits per heavy atom. The van der Waals surface area contributed by atoms with E-state index in [1.807, 2.05) is 26.0 Å². The number of H-pyrrole nitrogens is 1. The fourth-order valence-corrected chi connectivity index (χ4v) is 3.49. The molecule has 0 saturated carbocycles. The third-order valence-corrected chi connectivity index (χ3v) is 4.89. The van der Waals surface area contributed by atoms with E-state index in [9.17, 15) is 13.2 Å². The summed E-state index contributed by atoms with van der Waals surface area (Å²) >= 11 is 0. The zero-order valence-electron chi connectivity index (χ0n) is 12.7. The molecule has 0 saturated heterocycles. The topological polar surface area (TPSA) is 92.2 Å². The van der Waals surface area contributed by atoms with Crippen LogP contribution in [0.25, 0.3) is 11.1 Å². The predicted octanol–water partition coefficient (Wildman–Crippen LogP) is 3.05. The van der Waals surface area contributed by atoms with Gasteiger partial charge in [-0.3, -0.25) is 9.71 Å². The minimum absolute atomic E-state index is 0.0336. The van der Waals surface area contributed by atoms with Crippen molar-refractivity contribution in [1.82, 2.24) is 4.98 Å². The van der Waals surface area contributed by atoms with E-state index in [4.69, 9.17) is 4.42 Å². The second kappa shape index (κ2) is 5.58. The smallest absolute Gasteiger partial charge is 0.408 e. The third-order valence-electron chi connectivity index (χ3n) is 3.53. The number of fused-ring (bicyclic) bond motifs is 1. The molecule has 0 bridgehead atoms. The highest BCUT2D eigenvalue weighted by molar-refractivity contribution is 7.92. The molecule has 0 unspecified atom stereocenters. The number of para-hydroxylation sites is 1. The Labute approximate surface area is 133 Å². The molecule has 6 nitrogen and oxygen atoms in total. The molecule has 0 amide bonds. The Bertz CT molecular complexity index is 1020. The summed E-state index contributed by atoms with van der Waals surface area (Å²) in [6, 6.07) is 11.5. The molecule has 0 aliphatic carbocycles. The van der Waals surface area contributed by atoms with Crippen molar-refractivity contribution in [2.24, 2.45) is 0 Å². The molecule has 0 aliphatic heterocycles. The Kier molecular flexibility index (Phi) is 3.73. The summed E-state index contributed by atoms with van der Waals surface area (Å²) < 4.78 is 32.7. The number of hydrogen-bond acceptors (Lipinski definition) is 4. The fraction of sp³-hybridized carbons (Fsp3) is 0.188. The number of anilines is 1. The van der Waals surface area contributed by atoms with E-state index in [-0.39, 0.29) is 16.4 Å². The number of aromatic nitrogens is 1. The first kappa shape index (κ1) is 15.4. The van der Waals surface area contributed by atoms with Gasteiger partial charge in [0, 0.05) is 6.07 Å². The molecule has 0 fully saturated rings. The van der Waals surface area contributed by atoms with Crippen LogP contribution < -0.4 is 10.5 Å². The lowest BCUT2D eigenvalue weighted by atomic mass is 10.0. The van der Waals surface area contributed by atoms with Gasteiger partial charge in [-0.2, -0.15) is 0 Å². The lowest BCUT2D eigenvalue weighted by Gasteiger charge is -2.14. The van der Waals surface area contributed by atoms with Crippen LogP contribution in [-0.4, -0.2) is 13.4 Å². The van der Waals surface area contributed by atoms with Crippen LogP contribution in [0.5, 0.6) is 0 Å². The molecule has 0 atom stereocenters. The van der Waals surface area contributed by atoms with Crippen LogP contribution in [0.1, 0.15) is 25.3 Å². The molecule has 3 aromatic rings. The zero-order chi connectivity index (χ0) is 16.6. The van der Waals surface area contributed by atoms with Crippen LogP contribution in [-0.2, 0) is 10.0 Å². The van der Waals surface area contributed by atoms with Gasteiger partial charge in [-0.05, 0) is 29.7 Å². The molecule has 23 heavy (non-hydrogen) atoms. The van der Waals surface area contributed by atoms with Crippen molar-refractivity contribution in [2.45, 2.75) is 24.7 Å².